The number of carbonyl (C=O) groups excluding carboxylic acids is 3. The van der Waals surface area contributed by atoms with Crippen molar-refractivity contribution in [1.29, 1.82) is 0 Å². The summed E-state index contributed by atoms with van der Waals surface area (Å²) in [5.41, 5.74) is -0.937. The molecule has 2 N–H and O–H groups in total. The van der Waals surface area contributed by atoms with Crippen molar-refractivity contribution in [2.24, 2.45) is 0 Å². The summed E-state index contributed by atoms with van der Waals surface area (Å²) in [7, 11) is 3.16. The van der Waals surface area contributed by atoms with E-state index in [2.05, 4.69) is 10.6 Å². The van der Waals surface area contributed by atoms with Crippen molar-refractivity contribution < 1.29 is 23.9 Å². The van der Waals surface area contributed by atoms with E-state index >= 15 is 0 Å². The highest BCUT2D eigenvalue weighted by molar-refractivity contribution is 8.00. The van der Waals surface area contributed by atoms with Crippen molar-refractivity contribution in [2.75, 3.05) is 59.2 Å². The number of hydrogen-bond donors (Lipinski definition) is 2. The summed E-state index contributed by atoms with van der Waals surface area (Å²) in [5.74, 6) is 1.19. The number of carbonyl (C=O) groups is 3. The molecule has 0 spiro atoms. The van der Waals surface area contributed by atoms with Gasteiger partial charge in [0.1, 0.15) is 5.54 Å². The maximum atomic E-state index is 13.8. The third kappa shape index (κ3) is 6.58. The highest BCUT2D eigenvalue weighted by Gasteiger charge is 2.43. The smallest absolute Gasteiger partial charge is 0.263 e. The minimum Gasteiger partial charge on any atom is -0.493 e. The molecular weight excluding hydrogens is 512 g/mol. The molecule has 37 heavy (non-hydrogen) atoms. The predicted molar refractivity (Wildman–Crippen MR) is 145 cm³/mol. The molecule has 2 aliphatic heterocycles. The fourth-order valence-corrected chi connectivity index (χ4v) is 6.20. The molecule has 1 aromatic heterocycles. The van der Waals surface area contributed by atoms with Crippen LogP contribution in [0.5, 0.6) is 11.5 Å². The number of nitrogens with one attached hydrogen (secondary N) is 2. The molecule has 11 heteroatoms. The van der Waals surface area contributed by atoms with Gasteiger partial charge >= 0.3 is 0 Å². The van der Waals surface area contributed by atoms with E-state index in [1.807, 2.05) is 45.5 Å². The molecule has 0 radical (unpaired) electrons. The van der Waals surface area contributed by atoms with Crippen LogP contribution in [0.2, 0.25) is 0 Å². The lowest BCUT2D eigenvalue weighted by Crippen LogP contribution is -2.64. The zero-order valence-electron chi connectivity index (χ0n) is 21.3. The van der Waals surface area contributed by atoms with E-state index in [1.165, 1.54) is 23.1 Å². The molecule has 2 fully saturated rings. The molecule has 200 valence electrons. The first-order valence-electron chi connectivity index (χ1n) is 12.4. The molecule has 0 aliphatic carbocycles. The summed E-state index contributed by atoms with van der Waals surface area (Å²) in [5, 5.41) is 8.30. The van der Waals surface area contributed by atoms with Gasteiger partial charge in [0.05, 0.1) is 24.8 Å². The molecule has 0 unspecified atom stereocenters. The van der Waals surface area contributed by atoms with Crippen LogP contribution in [0, 0.1) is 0 Å². The van der Waals surface area contributed by atoms with Gasteiger partial charge in [-0.2, -0.15) is 0 Å². The molecule has 0 atom stereocenters. The summed E-state index contributed by atoms with van der Waals surface area (Å²) in [4.78, 5) is 45.0. The van der Waals surface area contributed by atoms with E-state index in [1.54, 1.807) is 14.2 Å². The van der Waals surface area contributed by atoms with Gasteiger partial charge in [-0.05, 0) is 62.0 Å². The Hall–Kier alpha value is -2.76. The summed E-state index contributed by atoms with van der Waals surface area (Å²) < 4.78 is 10.6. The standard InChI is InChI=1S/C26H34N4O5S2/c1-34-20-7-6-19(17-21(20)35-2)37-18-23(31)28-26(8-10-27-11-9-26)25(33)30-13-4-12-29(14-15-30)24(32)22-5-3-16-36-22/h3,5-7,16-17,27H,4,8-15,18H2,1-2H3,(H,28,31). The van der Waals surface area contributed by atoms with Crippen LogP contribution >= 0.6 is 23.1 Å². The molecule has 0 saturated carbocycles. The fourth-order valence-electron chi connectivity index (χ4n) is 4.79. The Bertz CT molecular complexity index is 1090. The lowest BCUT2D eigenvalue weighted by Gasteiger charge is -2.40. The van der Waals surface area contributed by atoms with Gasteiger partial charge < -0.3 is 29.9 Å². The summed E-state index contributed by atoms with van der Waals surface area (Å²) >= 11 is 2.82. The van der Waals surface area contributed by atoms with Crippen molar-refractivity contribution >= 4 is 40.8 Å². The number of ether oxygens (including phenoxy) is 2. The second kappa shape index (κ2) is 12.7. The molecule has 2 aliphatic rings. The van der Waals surface area contributed by atoms with Gasteiger partial charge in [-0.1, -0.05) is 6.07 Å². The molecule has 0 bridgehead atoms. The number of thioether (sulfide) groups is 1. The van der Waals surface area contributed by atoms with E-state index in [0.29, 0.717) is 74.9 Å². The first kappa shape index (κ1) is 27.3. The third-order valence-electron chi connectivity index (χ3n) is 6.77. The minimum absolute atomic E-state index is 0.0152. The quantitative estimate of drug-likeness (QED) is 0.491. The van der Waals surface area contributed by atoms with Crippen LogP contribution in [-0.2, 0) is 9.59 Å². The molecule has 2 aromatic rings. The largest absolute Gasteiger partial charge is 0.493 e. The number of methoxy groups -OCH3 is 2. The van der Waals surface area contributed by atoms with Gasteiger partial charge in [0, 0.05) is 31.1 Å². The van der Waals surface area contributed by atoms with Crippen LogP contribution in [0.3, 0.4) is 0 Å². The van der Waals surface area contributed by atoms with E-state index in [-0.39, 0.29) is 23.5 Å². The van der Waals surface area contributed by atoms with Crippen molar-refractivity contribution in [2.45, 2.75) is 29.7 Å². The Morgan fingerprint density at radius 3 is 2.46 bits per heavy atom. The van der Waals surface area contributed by atoms with Crippen molar-refractivity contribution in [3.8, 4) is 11.5 Å². The van der Waals surface area contributed by atoms with E-state index in [4.69, 9.17) is 9.47 Å². The van der Waals surface area contributed by atoms with Crippen LogP contribution < -0.4 is 20.1 Å². The number of amides is 3. The Morgan fingerprint density at radius 1 is 1.03 bits per heavy atom. The van der Waals surface area contributed by atoms with Crippen molar-refractivity contribution in [3.63, 3.8) is 0 Å². The predicted octanol–water partition coefficient (Wildman–Crippen LogP) is 2.47. The Balaban J connectivity index is 1.39. The average Bonchev–Trinajstić information content (AvgIpc) is 3.36. The number of benzene rings is 1. The van der Waals surface area contributed by atoms with Gasteiger partial charge in [-0.25, -0.2) is 0 Å². The SMILES string of the molecule is COc1ccc(SCC(=O)NC2(C(=O)N3CCCN(C(=O)c4cccs4)CC3)CCNCC2)cc1OC. The van der Waals surface area contributed by atoms with Gasteiger partial charge in [0.25, 0.3) is 5.91 Å². The van der Waals surface area contributed by atoms with Gasteiger partial charge in [-0.3, -0.25) is 14.4 Å². The molecule has 4 rings (SSSR count). The van der Waals surface area contributed by atoms with Crippen LogP contribution in [0.1, 0.15) is 28.9 Å². The molecule has 3 heterocycles. The molecule has 3 amide bonds. The summed E-state index contributed by atoms with van der Waals surface area (Å²) in [6, 6.07) is 9.23. The first-order valence-corrected chi connectivity index (χ1v) is 14.3. The highest BCUT2D eigenvalue weighted by atomic mass is 32.2. The Labute approximate surface area is 225 Å². The lowest BCUT2D eigenvalue weighted by atomic mass is 9.86. The van der Waals surface area contributed by atoms with E-state index in [0.717, 1.165) is 4.90 Å². The zero-order chi connectivity index (χ0) is 26.3. The van der Waals surface area contributed by atoms with Crippen LogP contribution in [0.15, 0.2) is 40.6 Å². The number of hydrogen-bond acceptors (Lipinski definition) is 8. The zero-order valence-corrected chi connectivity index (χ0v) is 22.9. The van der Waals surface area contributed by atoms with Crippen LogP contribution in [0.25, 0.3) is 0 Å². The average molecular weight is 547 g/mol. The van der Waals surface area contributed by atoms with E-state index in [9.17, 15) is 14.4 Å². The third-order valence-corrected chi connectivity index (χ3v) is 8.62. The van der Waals surface area contributed by atoms with Gasteiger partial charge in [0.15, 0.2) is 11.5 Å². The number of thiophene rings is 1. The number of nitrogens with zero attached hydrogens (tertiary/aromatic N) is 2. The number of rotatable bonds is 8. The second-order valence-corrected chi connectivity index (χ2v) is 11.1. The topological polar surface area (TPSA) is 100 Å². The van der Waals surface area contributed by atoms with Crippen LogP contribution in [0.4, 0.5) is 0 Å². The molecule has 9 nitrogen and oxygen atoms in total. The van der Waals surface area contributed by atoms with Crippen molar-refractivity contribution in [1.82, 2.24) is 20.4 Å². The maximum absolute atomic E-state index is 13.8. The van der Waals surface area contributed by atoms with Crippen LogP contribution in [-0.4, -0.2) is 92.3 Å². The van der Waals surface area contributed by atoms with Gasteiger partial charge in [-0.15, -0.1) is 23.1 Å². The van der Waals surface area contributed by atoms with E-state index < -0.39 is 5.54 Å². The lowest BCUT2D eigenvalue weighted by molar-refractivity contribution is -0.142. The number of piperidine rings is 1. The molecular formula is C26H34N4O5S2. The monoisotopic (exact) mass is 546 g/mol. The molecule has 1 aromatic carbocycles. The summed E-state index contributed by atoms with van der Waals surface area (Å²) in [6.07, 6.45) is 1.78. The first-order chi connectivity index (χ1) is 18.0. The Kier molecular flexibility index (Phi) is 9.33. The fraction of sp³-hybridized carbons (Fsp3) is 0.500. The normalized spacial score (nSPS) is 17.6. The Morgan fingerprint density at radius 2 is 1.76 bits per heavy atom. The second-order valence-electron chi connectivity index (χ2n) is 9.10. The molecule has 2 saturated heterocycles. The van der Waals surface area contributed by atoms with Gasteiger partial charge in [0.2, 0.25) is 11.8 Å². The summed E-state index contributed by atoms with van der Waals surface area (Å²) in [6.45, 7) is 3.44. The maximum Gasteiger partial charge on any atom is 0.263 e. The minimum atomic E-state index is -0.937. The highest BCUT2D eigenvalue weighted by Crippen LogP contribution is 2.32. The van der Waals surface area contributed by atoms with Crippen molar-refractivity contribution in [3.05, 3.63) is 40.6 Å².